The molecule has 0 aromatic heterocycles. The van der Waals surface area contributed by atoms with Gasteiger partial charge in [0.1, 0.15) is 0 Å². The Morgan fingerprint density at radius 2 is 1.00 bits per heavy atom. The summed E-state index contributed by atoms with van der Waals surface area (Å²) in [4.78, 5) is 0. The van der Waals surface area contributed by atoms with E-state index in [1.807, 2.05) is 12.1 Å². The zero-order chi connectivity index (χ0) is 14.5. The van der Waals surface area contributed by atoms with Gasteiger partial charge in [-0.15, -0.1) is 0 Å². The number of nitrogens with zero attached hydrogens (tertiary/aromatic N) is 1. The van der Waals surface area contributed by atoms with Crippen LogP contribution < -0.4 is 9.81 Å². The van der Waals surface area contributed by atoms with Crippen LogP contribution in [0.2, 0.25) is 0 Å². The molecule has 0 aliphatic rings. The van der Waals surface area contributed by atoms with Gasteiger partial charge in [-0.05, 0) is 0 Å². The first-order valence-corrected chi connectivity index (χ1v) is 12.0. The summed E-state index contributed by atoms with van der Waals surface area (Å²) in [6, 6.07) is 31.9. The van der Waals surface area contributed by atoms with Crippen LogP contribution in [0.5, 0.6) is 0 Å². The molecule has 0 amide bonds. The topological polar surface area (TPSA) is 23.8 Å². The SMILES string of the molecule is N#Cc1cc[c]([Bi]([c]2ccccc2)[c]2ccccc2)cc1. The number of rotatable bonds is 3. The molecule has 1 nitrogen and oxygen atoms in total. The molecule has 0 heterocycles. The maximum absolute atomic E-state index is 8.97. The second-order valence-electron chi connectivity index (χ2n) is 4.67. The zero-order valence-corrected chi connectivity index (χ0v) is 15.0. The van der Waals surface area contributed by atoms with Gasteiger partial charge in [-0.1, -0.05) is 0 Å². The van der Waals surface area contributed by atoms with Gasteiger partial charge in [0.15, 0.2) is 0 Å². The molecule has 0 atom stereocenters. The molecule has 3 aromatic rings. The van der Waals surface area contributed by atoms with E-state index in [1.54, 1.807) is 0 Å². The third-order valence-corrected chi connectivity index (χ3v) is 12.8. The molecule has 3 aromatic carbocycles. The molecule has 0 saturated heterocycles. The van der Waals surface area contributed by atoms with E-state index in [0.29, 0.717) is 0 Å². The predicted octanol–water partition coefficient (Wildman–Crippen LogP) is 2.07. The minimum atomic E-state index is -2.22. The van der Waals surface area contributed by atoms with Gasteiger partial charge in [-0.25, -0.2) is 0 Å². The molecule has 0 aliphatic heterocycles. The summed E-state index contributed by atoms with van der Waals surface area (Å²) in [6.07, 6.45) is 0. The monoisotopic (exact) mass is 465 g/mol. The molecule has 0 N–H and O–H groups in total. The van der Waals surface area contributed by atoms with Crippen LogP contribution in [-0.2, 0) is 0 Å². The van der Waals surface area contributed by atoms with E-state index in [-0.39, 0.29) is 0 Å². The second kappa shape index (κ2) is 6.66. The molecule has 0 bridgehead atoms. The van der Waals surface area contributed by atoms with E-state index in [0.717, 1.165) is 5.56 Å². The Bertz CT molecular complexity index is 704. The van der Waals surface area contributed by atoms with Crippen LogP contribution in [0.3, 0.4) is 0 Å². The summed E-state index contributed by atoms with van der Waals surface area (Å²) >= 11 is -2.22. The first-order valence-electron chi connectivity index (χ1n) is 6.79. The predicted molar refractivity (Wildman–Crippen MR) is 88.7 cm³/mol. The van der Waals surface area contributed by atoms with Crippen LogP contribution in [0.4, 0.5) is 0 Å². The van der Waals surface area contributed by atoms with Crippen molar-refractivity contribution in [1.29, 1.82) is 5.26 Å². The minimum absolute atomic E-state index is 0.726. The van der Waals surface area contributed by atoms with Crippen molar-refractivity contribution in [1.82, 2.24) is 0 Å². The first-order chi connectivity index (χ1) is 10.4. The molecule has 0 unspecified atom stereocenters. The fraction of sp³-hybridized carbons (Fsp3) is 0. The van der Waals surface area contributed by atoms with Crippen molar-refractivity contribution in [3.63, 3.8) is 0 Å². The van der Waals surface area contributed by atoms with Gasteiger partial charge in [-0.3, -0.25) is 0 Å². The summed E-state index contributed by atoms with van der Waals surface area (Å²) in [5.74, 6) is 0. The molecule has 0 radical (unpaired) electrons. The van der Waals surface area contributed by atoms with Crippen LogP contribution in [-0.4, -0.2) is 21.8 Å². The van der Waals surface area contributed by atoms with E-state index < -0.39 is 21.8 Å². The third-order valence-electron chi connectivity index (χ3n) is 3.28. The molecular formula is C19H14BiN. The fourth-order valence-corrected chi connectivity index (χ4v) is 11.2. The van der Waals surface area contributed by atoms with Gasteiger partial charge in [0.2, 0.25) is 0 Å². The summed E-state index contributed by atoms with van der Waals surface area (Å²) in [5, 5.41) is 8.97. The maximum atomic E-state index is 8.97. The Morgan fingerprint density at radius 1 is 0.571 bits per heavy atom. The Morgan fingerprint density at radius 3 is 1.43 bits per heavy atom. The summed E-state index contributed by atoms with van der Waals surface area (Å²) in [7, 11) is 0. The number of hydrogen-bond donors (Lipinski definition) is 0. The Hall–Kier alpha value is -1.97. The van der Waals surface area contributed by atoms with Gasteiger partial charge in [0.05, 0.1) is 0 Å². The van der Waals surface area contributed by atoms with Gasteiger partial charge in [-0.2, -0.15) is 0 Å². The molecule has 3 rings (SSSR count). The van der Waals surface area contributed by atoms with Crippen molar-refractivity contribution in [3.05, 3.63) is 90.5 Å². The average Bonchev–Trinajstić information content (AvgIpc) is 2.58. The van der Waals surface area contributed by atoms with Crippen molar-refractivity contribution in [3.8, 4) is 6.07 Å². The summed E-state index contributed by atoms with van der Waals surface area (Å²) in [6.45, 7) is 0. The van der Waals surface area contributed by atoms with Crippen molar-refractivity contribution < 1.29 is 0 Å². The number of benzene rings is 3. The third kappa shape index (κ3) is 3.20. The standard InChI is InChI=1S/C7H4N.2C6H5.Bi/c8-6-7-4-2-1-3-5-7;2*1-2-4-6-5-3-1;/h2-5H;2*1-5H;. The number of nitriles is 1. The summed E-state index contributed by atoms with van der Waals surface area (Å²) < 4.78 is 4.33. The van der Waals surface area contributed by atoms with Gasteiger partial charge >= 0.3 is 133 Å². The van der Waals surface area contributed by atoms with Gasteiger partial charge in [0, 0.05) is 0 Å². The van der Waals surface area contributed by atoms with E-state index >= 15 is 0 Å². The molecule has 0 fully saturated rings. The van der Waals surface area contributed by atoms with Crippen LogP contribution in [0.25, 0.3) is 0 Å². The Labute approximate surface area is 133 Å². The van der Waals surface area contributed by atoms with Gasteiger partial charge < -0.3 is 0 Å². The molecule has 0 spiro atoms. The van der Waals surface area contributed by atoms with Crippen molar-refractivity contribution in [2.24, 2.45) is 0 Å². The van der Waals surface area contributed by atoms with Crippen LogP contribution in [0, 0.1) is 11.3 Å². The second-order valence-corrected chi connectivity index (χ2v) is 13.3. The number of hydrogen-bond acceptors (Lipinski definition) is 1. The Kier molecular flexibility index (Phi) is 4.44. The average molecular weight is 465 g/mol. The normalized spacial score (nSPS) is 10.3. The molecule has 100 valence electrons. The fourth-order valence-electron chi connectivity index (χ4n) is 2.29. The molecule has 0 aliphatic carbocycles. The molecule has 0 saturated carbocycles. The van der Waals surface area contributed by atoms with Crippen molar-refractivity contribution in [2.45, 2.75) is 0 Å². The van der Waals surface area contributed by atoms with E-state index in [4.69, 9.17) is 5.26 Å². The molecule has 2 heteroatoms. The zero-order valence-electron chi connectivity index (χ0n) is 11.5. The van der Waals surface area contributed by atoms with Crippen LogP contribution in [0.1, 0.15) is 5.56 Å². The van der Waals surface area contributed by atoms with Crippen LogP contribution in [0.15, 0.2) is 84.9 Å². The van der Waals surface area contributed by atoms with Crippen molar-refractivity contribution >= 4 is 31.6 Å². The van der Waals surface area contributed by atoms with E-state index in [1.165, 1.54) is 9.81 Å². The molecular weight excluding hydrogens is 451 g/mol. The quantitative estimate of drug-likeness (QED) is 0.544. The molecule has 21 heavy (non-hydrogen) atoms. The Balaban J connectivity index is 2.10. The van der Waals surface area contributed by atoms with E-state index in [9.17, 15) is 0 Å². The van der Waals surface area contributed by atoms with Crippen molar-refractivity contribution in [2.75, 3.05) is 0 Å². The van der Waals surface area contributed by atoms with Gasteiger partial charge in [0.25, 0.3) is 0 Å². The first kappa shape index (κ1) is 14.0. The summed E-state index contributed by atoms with van der Waals surface area (Å²) in [5.41, 5.74) is 0.726. The van der Waals surface area contributed by atoms with E-state index in [2.05, 4.69) is 78.9 Å². The van der Waals surface area contributed by atoms with Crippen LogP contribution >= 0.6 is 0 Å².